The van der Waals surface area contributed by atoms with Gasteiger partial charge in [-0.2, -0.15) is 0 Å². The first-order valence-corrected chi connectivity index (χ1v) is 7.42. The van der Waals surface area contributed by atoms with Gasteiger partial charge in [-0.25, -0.2) is 9.69 Å². The van der Waals surface area contributed by atoms with Crippen LogP contribution in [0.1, 0.15) is 18.7 Å². The Morgan fingerprint density at radius 1 is 1.48 bits per heavy atom. The van der Waals surface area contributed by atoms with Crippen molar-refractivity contribution >= 4 is 32.9 Å². The molecule has 0 fully saturated rings. The van der Waals surface area contributed by atoms with Crippen LogP contribution in [0.3, 0.4) is 0 Å². The Labute approximate surface area is 130 Å². The average molecular weight is 351 g/mol. The summed E-state index contributed by atoms with van der Waals surface area (Å²) in [5.41, 5.74) is 2.02. The van der Waals surface area contributed by atoms with Crippen LogP contribution < -0.4 is 0 Å². The zero-order valence-corrected chi connectivity index (χ0v) is 13.3. The van der Waals surface area contributed by atoms with Crippen molar-refractivity contribution in [3.05, 3.63) is 46.9 Å². The lowest BCUT2D eigenvalue weighted by Gasteiger charge is -2.20. The summed E-state index contributed by atoms with van der Waals surface area (Å²) in [6, 6.07) is 6.03. The van der Waals surface area contributed by atoms with Crippen molar-refractivity contribution in [3.63, 3.8) is 0 Å². The van der Waals surface area contributed by atoms with E-state index in [1.165, 1.54) is 18.3 Å². The summed E-state index contributed by atoms with van der Waals surface area (Å²) in [7, 11) is 1.36. The Bertz CT molecular complexity index is 723. The van der Waals surface area contributed by atoms with Crippen LogP contribution in [0.15, 0.2) is 41.3 Å². The zero-order valence-electron chi connectivity index (χ0n) is 11.7. The molecule has 0 aliphatic carbocycles. The lowest BCUT2D eigenvalue weighted by molar-refractivity contribution is 0.0483. The predicted molar refractivity (Wildman–Crippen MR) is 82.5 cm³/mol. The van der Waals surface area contributed by atoms with E-state index in [4.69, 9.17) is 9.47 Å². The van der Waals surface area contributed by atoms with E-state index in [1.54, 1.807) is 6.20 Å². The molecule has 1 unspecified atom stereocenters. The van der Waals surface area contributed by atoms with Crippen LogP contribution in [0.25, 0.3) is 10.9 Å². The number of hydrogen-bond acceptors (Lipinski definition) is 3. The van der Waals surface area contributed by atoms with Gasteiger partial charge >= 0.3 is 6.09 Å². The first-order valence-electron chi connectivity index (χ1n) is 6.63. The Hall–Kier alpha value is -1.95. The fourth-order valence-electron chi connectivity index (χ4n) is 2.59. The number of fused-ring (bicyclic) bond motifs is 1. The lowest BCUT2D eigenvalue weighted by Crippen LogP contribution is -2.27. The number of aryl methyl sites for hydroxylation is 1. The van der Waals surface area contributed by atoms with Crippen LogP contribution in [-0.4, -0.2) is 22.7 Å². The van der Waals surface area contributed by atoms with E-state index in [0.29, 0.717) is 0 Å². The van der Waals surface area contributed by atoms with E-state index in [9.17, 15) is 4.79 Å². The lowest BCUT2D eigenvalue weighted by atomic mass is 10.1. The topological polar surface area (TPSA) is 43.7 Å². The number of benzene rings is 1. The fourth-order valence-corrected chi connectivity index (χ4v) is 3.18. The van der Waals surface area contributed by atoms with Gasteiger partial charge in [0.1, 0.15) is 6.26 Å². The second-order valence-electron chi connectivity index (χ2n) is 4.66. The molecule has 110 valence electrons. The smallest absolute Gasteiger partial charge is 0.416 e. The van der Waals surface area contributed by atoms with Crippen LogP contribution in [-0.2, 0) is 16.0 Å². The molecule has 6 heteroatoms. The van der Waals surface area contributed by atoms with Crippen LogP contribution in [0.5, 0.6) is 0 Å². The van der Waals surface area contributed by atoms with Gasteiger partial charge in [0, 0.05) is 39.9 Å². The second-order valence-corrected chi connectivity index (χ2v) is 5.51. The number of halogens is 1. The van der Waals surface area contributed by atoms with Gasteiger partial charge in [0.25, 0.3) is 0 Å². The summed E-state index contributed by atoms with van der Waals surface area (Å²) in [5, 5.41) is 1.04. The molecule has 2 aromatic rings. The Morgan fingerprint density at radius 3 is 3.00 bits per heavy atom. The SMILES string of the molecule is CCn1cc(C2OC=CN2C(=O)OC)c2c(Br)cccc21. The van der Waals surface area contributed by atoms with Crippen molar-refractivity contribution in [3.8, 4) is 0 Å². The van der Waals surface area contributed by atoms with Gasteiger partial charge < -0.3 is 14.0 Å². The number of methoxy groups -OCH3 is 1. The van der Waals surface area contributed by atoms with E-state index in [0.717, 1.165) is 27.5 Å². The highest BCUT2D eigenvalue weighted by atomic mass is 79.9. The van der Waals surface area contributed by atoms with Gasteiger partial charge in [-0.15, -0.1) is 0 Å². The molecule has 0 bridgehead atoms. The van der Waals surface area contributed by atoms with E-state index in [-0.39, 0.29) is 0 Å². The third-order valence-corrected chi connectivity index (χ3v) is 4.22. The minimum atomic E-state index is -0.508. The summed E-state index contributed by atoms with van der Waals surface area (Å²) >= 11 is 3.59. The standard InChI is InChI=1S/C15H15BrN2O3/c1-3-17-9-10(13-11(16)5-4-6-12(13)17)14-18(7-8-21-14)15(19)20-2/h4-9,14H,3H2,1-2H3. The van der Waals surface area contributed by atoms with Gasteiger partial charge in [0.05, 0.1) is 7.11 Å². The normalized spacial score (nSPS) is 17.3. The molecule has 0 saturated carbocycles. The quantitative estimate of drug-likeness (QED) is 0.822. The van der Waals surface area contributed by atoms with Crippen molar-refractivity contribution in [2.24, 2.45) is 0 Å². The van der Waals surface area contributed by atoms with E-state index >= 15 is 0 Å². The van der Waals surface area contributed by atoms with Gasteiger partial charge in [-0.05, 0) is 19.1 Å². The Kier molecular flexibility index (Phi) is 3.63. The van der Waals surface area contributed by atoms with Gasteiger partial charge in [0.15, 0.2) is 0 Å². The summed E-state index contributed by atoms with van der Waals surface area (Å²) in [5.74, 6) is 0. The molecular formula is C15H15BrN2O3. The molecular weight excluding hydrogens is 336 g/mol. The maximum Gasteiger partial charge on any atom is 0.416 e. The van der Waals surface area contributed by atoms with E-state index in [1.807, 2.05) is 18.3 Å². The Balaban J connectivity index is 2.14. The first kappa shape index (κ1) is 14.0. The fraction of sp³-hybridized carbons (Fsp3) is 0.267. The third kappa shape index (κ3) is 2.19. The minimum absolute atomic E-state index is 0.446. The number of carbonyl (C=O) groups excluding carboxylic acids is 1. The molecule has 5 nitrogen and oxygen atoms in total. The molecule has 0 spiro atoms. The third-order valence-electron chi connectivity index (χ3n) is 3.56. The van der Waals surface area contributed by atoms with Crippen LogP contribution in [0.4, 0.5) is 4.79 Å². The van der Waals surface area contributed by atoms with Crippen LogP contribution >= 0.6 is 15.9 Å². The predicted octanol–water partition coefficient (Wildman–Crippen LogP) is 3.99. The van der Waals surface area contributed by atoms with E-state index < -0.39 is 12.3 Å². The summed E-state index contributed by atoms with van der Waals surface area (Å²) in [6.07, 6.45) is 4.16. The molecule has 1 atom stereocenters. The molecule has 1 aliphatic heterocycles. The van der Waals surface area contributed by atoms with Crippen LogP contribution in [0, 0.1) is 0 Å². The molecule has 21 heavy (non-hydrogen) atoms. The van der Waals surface area contributed by atoms with Gasteiger partial charge in [-0.3, -0.25) is 0 Å². The van der Waals surface area contributed by atoms with Crippen LogP contribution in [0.2, 0.25) is 0 Å². The van der Waals surface area contributed by atoms with Crippen molar-refractivity contribution in [1.29, 1.82) is 0 Å². The number of rotatable bonds is 2. The van der Waals surface area contributed by atoms with Crippen molar-refractivity contribution in [2.45, 2.75) is 19.7 Å². The second kappa shape index (κ2) is 5.44. The monoisotopic (exact) mass is 350 g/mol. The number of aromatic nitrogens is 1. The maximum atomic E-state index is 11.8. The number of ether oxygens (including phenoxy) is 2. The van der Waals surface area contributed by atoms with Gasteiger partial charge in [-0.1, -0.05) is 22.0 Å². The summed E-state index contributed by atoms with van der Waals surface area (Å²) in [4.78, 5) is 13.3. The summed E-state index contributed by atoms with van der Waals surface area (Å²) < 4.78 is 13.5. The zero-order chi connectivity index (χ0) is 15.0. The van der Waals surface area contributed by atoms with E-state index in [2.05, 4.69) is 33.5 Å². The molecule has 0 radical (unpaired) electrons. The van der Waals surface area contributed by atoms with Crippen molar-refractivity contribution in [1.82, 2.24) is 9.47 Å². The highest BCUT2D eigenvalue weighted by Gasteiger charge is 2.32. The summed E-state index contributed by atoms with van der Waals surface area (Å²) in [6.45, 7) is 2.92. The van der Waals surface area contributed by atoms with Crippen molar-refractivity contribution in [2.75, 3.05) is 7.11 Å². The first-order chi connectivity index (χ1) is 10.2. The number of carbonyl (C=O) groups is 1. The maximum absolute atomic E-state index is 11.8. The molecule has 1 amide bonds. The molecule has 0 saturated heterocycles. The highest BCUT2D eigenvalue weighted by Crippen LogP contribution is 2.37. The van der Waals surface area contributed by atoms with Crippen molar-refractivity contribution < 1.29 is 14.3 Å². The minimum Gasteiger partial charge on any atom is -0.472 e. The molecule has 3 rings (SSSR count). The molecule has 1 aliphatic rings. The molecule has 1 aromatic heterocycles. The number of nitrogens with zero attached hydrogens (tertiary/aromatic N) is 2. The highest BCUT2D eigenvalue weighted by molar-refractivity contribution is 9.10. The number of amides is 1. The van der Waals surface area contributed by atoms with Gasteiger partial charge in [0.2, 0.25) is 6.23 Å². The Morgan fingerprint density at radius 2 is 2.29 bits per heavy atom. The average Bonchev–Trinajstić information content (AvgIpc) is 3.10. The molecule has 2 heterocycles. The molecule has 0 N–H and O–H groups in total. The number of hydrogen-bond donors (Lipinski definition) is 0. The largest absolute Gasteiger partial charge is 0.472 e. The molecule has 1 aromatic carbocycles.